The molecule has 0 amide bonds. The van der Waals surface area contributed by atoms with Gasteiger partial charge in [0.05, 0.1) is 9.82 Å². The molecule has 0 radical (unpaired) electrons. The molecule has 1 aromatic carbocycles. The number of hydrogen-bond acceptors (Lipinski definition) is 6. The number of anilines is 1. The van der Waals surface area contributed by atoms with Crippen LogP contribution in [0.5, 0.6) is 0 Å². The summed E-state index contributed by atoms with van der Waals surface area (Å²) in [6, 6.07) is 2.50. The van der Waals surface area contributed by atoms with E-state index in [4.69, 9.17) is 5.73 Å². The Balaban J connectivity index is 0.00000196. The van der Waals surface area contributed by atoms with E-state index in [-0.39, 0.29) is 35.2 Å². The Hall–Kier alpha value is -0.670. The SMILES string of the molecule is Nc1cc([N+](=O)[O-])cc(S(=O)(=O)[O-])c1.[Na+]. The Morgan fingerprint density at radius 3 is 2.20 bits per heavy atom. The fourth-order valence-electron chi connectivity index (χ4n) is 0.856. The van der Waals surface area contributed by atoms with Crippen molar-refractivity contribution in [3.05, 3.63) is 28.3 Å². The third-order valence-corrected chi connectivity index (χ3v) is 2.23. The molecule has 0 bridgehead atoms. The first-order valence-electron chi connectivity index (χ1n) is 3.31. The van der Waals surface area contributed by atoms with Gasteiger partial charge in [-0.15, -0.1) is 0 Å². The van der Waals surface area contributed by atoms with Gasteiger partial charge in [-0.25, -0.2) is 8.42 Å². The predicted octanol–water partition coefficient (Wildman–Crippen LogP) is -2.91. The van der Waals surface area contributed by atoms with Crippen LogP contribution in [-0.2, 0) is 10.1 Å². The van der Waals surface area contributed by atoms with Gasteiger partial charge in [0.1, 0.15) is 10.1 Å². The number of nitrogen functional groups attached to an aromatic ring is 1. The summed E-state index contributed by atoms with van der Waals surface area (Å²) in [4.78, 5) is 8.75. The second kappa shape index (κ2) is 4.90. The minimum absolute atomic E-state index is 0. The van der Waals surface area contributed by atoms with Crippen LogP contribution >= 0.6 is 0 Å². The monoisotopic (exact) mass is 240 g/mol. The van der Waals surface area contributed by atoms with Crippen LogP contribution in [-0.4, -0.2) is 17.9 Å². The Labute approximate surface area is 107 Å². The number of nitro groups is 1. The second-order valence-corrected chi connectivity index (χ2v) is 3.85. The first-order valence-corrected chi connectivity index (χ1v) is 4.72. The van der Waals surface area contributed by atoms with E-state index in [0.717, 1.165) is 12.1 Å². The van der Waals surface area contributed by atoms with Gasteiger partial charge in [0.15, 0.2) is 0 Å². The fourth-order valence-corrected chi connectivity index (χ4v) is 1.40. The van der Waals surface area contributed by atoms with E-state index in [1.54, 1.807) is 0 Å². The van der Waals surface area contributed by atoms with E-state index in [1.807, 2.05) is 0 Å². The normalized spacial score (nSPS) is 10.5. The van der Waals surface area contributed by atoms with Crippen molar-refractivity contribution in [1.82, 2.24) is 0 Å². The molecule has 1 rings (SSSR count). The molecular formula is C6H5N2NaO5S. The van der Waals surface area contributed by atoms with Gasteiger partial charge in [0.2, 0.25) is 0 Å². The molecule has 9 heteroatoms. The van der Waals surface area contributed by atoms with Crippen molar-refractivity contribution < 1.29 is 47.5 Å². The number of nitrogens with two attached hydrogens (primary N) is 1. The Bertz CT molecular complexity index is 486. The molecule has 0 aromatic heterocycles. The van der Waals surface area contributed by atoms with Gasteiger partial charge in [0.25, 0.3) is 5.69 Å². The number of nitro benzene ring substituents is 1. The smallest absolute Gasteiger partial charge is 0.744 e. The van der Waals surface area contributed by atoms with E-state index in [1.165, 1.54) is 0 Å². The van der Waals surface area contributed by atoms with Crippen molar-refractivity contribution >= 4 is 21.5 Å². The molecule has 0 heterocycles. The summed E-state index contributed by atoms with van der Waals surface area (Å²) in [7, 11) is -4.72. The molecule has 0 aliphatic rings. The molecule has 0 atom stereocenters. The molecule has 0 unspecified atom stereocenters. The minimum Gasteiger partial charge on any atom is -0.744 e. The molecular weight excluding hydrogens is 235 g/mol. The van der Waals surface area contributed by atoms with E-state index >= 15 is 0 Å². The summed E-state index contributed by atoms with van der Waals surface area (Å²) in [5, 5.41) is 10.3. The fraction of sp³-hybridized carbons (Fsp3) is 0. The average Bonchev–Trinajstić information content (AvgIpc) is 2.01. The third-order valence-electron chi connectivity index (χ3n) is 1.41. The zero-order valence-corrected chi connectivity index (χ0v) is 10.5. The van der Waals surface area contributed by atoms with Gasteiger partial charge in [-0.05, 0) is 6.07 Å². The van der Waals surface area contributed by atoms with Gasteiger partial charge >= 0.3 is 29.6 Å². The van der Waals surface area contributed by atoms with Gasteiger partial charge in [0, 0.05) is 17.8 Å². The molecule has 1 aromatic rings. The molecule has 76 valence electrons. The van der Waals surface area contributed by atoms with Crippen LogP contribution in [0.1, 0.15) is 0 Å². The number of hydrogen-bond donors (Lipinski definition) is 1. The first kappa shape index (κ1) is 14.3. The Morgan fingerprint density at radius 1 is 1.27 bits per heavy atom. The summed E-state index contributed by atoms with van der Waals surface area (Å²) in [6.45, 7) is 0. The summed E-state index contributed by atoms with van der Waals surface area (Å²) in [6.07, 6.45) is 0. The Kier molecular flexibility index (Phi) is 4.68. The summed E-state index contributed by atoms with van der Waals surface area (Å²) in [5.41, 5.74) is 4.51. The second-order valence-electron chi connectivity index (χ2n) is 2.47. The summed E-state index contributed by atoms with van der Waals surface area (Å²) >= 11 is 0. The largest absolute Gasteiger partial charge is 1.00 e. The maximum absolute atomic E-state index is 10.5. The van der Waals surface area contributed by atoms with Gasteiger partial charge in [-0.2, -0.15) is 0 Å². The maximum Gasteiger partial charge on any atom is 1.00 e. The van der Waals surface area contributed by atoms with Gasteiger partial charge in [-0.1, -0.05) is 0 Å². The third kappa shape index (κ3) is 3.76. The maximum atomic E-state index is 10.5. The minimum atomic E-state index is -4.72. The molecule has 2 N–H and O–H groups in total. The molecule has 0 fully saturated rings. The topological polar surface area (TPSA) is 126 Å². The molecule has 0 saturated carbocycles. The summed E-state index contributed by atoms with van der Waals surface area (Å²) < 4.78 is 31.6. The number of nitrogens with zero attached hydrogens (tertiary/aromatic N) is 1. The van der Waals surface area contributed by atoms with Crippen LogP contribution in [0.15, 0.2) is 23.1 Å². The first-order chi connectivity index (χ1) is 6.30. The van der Waals surface area contributed by atoms with E-state index < -0.39 is 25.6 Å². The van der Waals surface area contributed by atoms with Crippen molar-refractivity contribution in [2.75, 3.05) is 5.73 Å². The van der Waals surface area contributed by atoms with Crippen molar-refractivity contribution in [1.29, 1.82) is 0 Å². The van der Waals surface area contributed by atoms with E-state index in [9.17, 15) is 23.1 Å². The van der Waals surface area contributed by atoms with E-state index in [2.05, 4.69) is 0 Å². The number of non-ortho nitro benzene ring substituents is 1. The molecule has 7 nitrogen and oxygen atoms in total. The van der Waals surface area contributed by atoms with Crippen LogP contribution in [0.4, 0.5) is 11.4 Å². The number of benzene rings is 1. The number of rotatable bonds is 2. The molecule has 0 aliphatic heterocycles. The molecule has 0 saturated heterocycles. The van der Waals surface area contributed by atoms with Crippen LogP contribution < -0.4 is 35.3 Å². The standard InChI is InChI=1S/C6H6N2O5S.Na/c7-4-1-5(8(9)10)3-6(2-4)14(11,12)13;/h1-3H,7H2,(H,11,12,13);/q;+1/p-1. The quantitative estimate of drug-likeness (QED) is 0.194. The van der Waals surface area contributed by atoms with Crippen LogP contribution in [0, 0.1) is 10.1 Å². The predicted molar refractivity (Wildman–Crippen MR) is 45.5 cm³/mol. The van der Waals surface area contributed by atoms with Gasteiger partial charge < -0.3 is 10.3 Å². The molecule has 0 spiro atoms. The average molecular weight is 240 g/mol. The van der Waals surface area contributed by atoms with Crippen molar-refractivity contribution in [3.8, 4) is 0 Å². The molecule has 15 heavy (non-hydrogen) atoms. The Morgan fingerprint density at radius 2 is 1.80 bits per heavy atom. The zero-order valence-electron chi connectivity index (χ0n) is 7.71. The van der Waals surface area contributed by atoms with Crippen molar-refractivity contribution in [2.24, 2.45) is 0 Å². The van der Waals surface area contributed by atoms with Crippen LogP contribution in [0.3, 0.4) is 0 Å². The summed E-state index contributed by atoms with van der Waals surface area (Å²) in [5.74, 6) is 0. The van der Waals surface area contributed by atoms with Crippen LogP contribution in [0.25, 0.3) is 0 Å². The van der Waals surface area contributed by atoms with Gasteiger partial charge in [-0.3, -0.25) is 10.1 Å². The van der Waals surface area contributed by atoms with Crippen molar-refractivity contribution in [2.45, 2.75) is 4.90 Å². The zero-order chi connectivity index (χ0) is 10.9. The molecule has 0 aliphatic carbocycles. The van der Waals surface area contributed by atoms with Crippen LogP contribution in [0.2, 0.25) is 0 Å². The van der Waals surface area contributed by atoms with E-state index in [0.29, 0.717) is 6.07 Å². The van der Waals surface area contributed by atoms with Crippen molar-refractivity contribution in [3.63, 3.8) is 0 Å².